The van der Waals surface area contributed by atoms with Crippen molar-refractivity contribution in [2.24, 2.45) is 0 Å². The zero-order valence-electron chi connectivity index (χ0n) is 13.4. The van der Waals surface area contributed by atoms with E-state index in [1.165, 1.54) is 31.2 Å². The first-order chi connectivity index (χ1) is 11.9. The van der Waals surface area contributed by atoms with Crippen LogP contribution in [0.5, 0.6) is 5.75 Å². The summed E-state index contributed by atoms with van der Waals surface area (Å²) in [6.07, 6.45) is 0. The van der Waals surface area contributed by atoms with Crippen LogP contribution < -0.4 is 4.74 Å². The second-order valence-electron chi connectivity index (χ2n) is 5.42. The molecule has 0 N–H and O–H groups in total. The lowest BCUT2D eigenvalue weighted by Gasteiger charge is -2.14. The maximum atomic E-state index is 12.4. The Balaban J connectivity index is 1.88. The molecule has 2 aromatic rings. The number of aryl methyl sites for hydroxylation is 1. The molecule has 0 radical (unpaired) electrons. The Morgan fingerprint density at radius 2 is 1.56 bits per heavy atom. The summed E-state index contributed by atoms with van der Waals surface area (Å²) in [5.74, 6) is -3.05. The minimum Gasteiger partial charge on any atom is -0.426 e. The number of esters is 1. The van der Waals surface area contributed by atoms with E-state index in [1.54, 1.807) is 25.1 Å². The molecule has 3 rings (SSSR count). The lowest BCUT2D eigenvalue weighted by Crippen LogP contribution is -2.32. The highest BCUT2D eigenvalue weighted by Crippen LogP contribution is 2.26. The Morgan fingerprint density at radius 1 is 0.960 bits per heavy atom. The molecule has 0 aromatic heterocycles. The highest BCUT2D eigenvalue weighted by molar-refractivity contribution is 6.21. The van der Waals surface area contributed by atoms with E-state index in [0.717, 1.165) is 5.56 Å². The van der Waals surface area contributed by atoms with Crippen LogP contribution in [0.3, 0.4) is 0 Å². The number of nitrogens with zero attached hydrogens (tertiary/aromatic N) is 1. The first-order valence-corrected chi connectivity index (χ1v) is 7.37. The lowest BCUT2D eigenvalue weighted by molar-refractivity contribution is -0.131. The fourth-order valence-electron chi connectivity index (χ4n) is 2.42. The van der Waals surface area contributed by atoms with E-state index in [4.69, 9.17) is 9.57 Å². The first-order valence-electron chi connectivity index (χ1n) is 7.37. The molecule has 2 amide bonds. The van der Waals surface area contributed by atoms with Crippen molar-refractivity contribution in [1.29, 1.82) is 0 Å². The number of fused-ring (bicyclic) bond motifs is 1. The summed E-state index contributed by atoms with van der Waals surface area (Å²) in [7, 11) is 0. The van der Waals surface area contributed by atoms with Crippen LogP contribution in [0.25, 0.3) is 0 Å². The Kier molecular flexibility index (Phi) is 4.06. The smallest absolute Gasteiger partial charge is 0.367 e. The van der Waals surface area contributed by atoms with Gasteiger partial charge in [0.2, 0.25) is 0 Å². The maximum Gasteiger partial charge on any atom is 0.367 e. The van der Waals surface area contributed by atoms with Crippen molar-refractivity contribution in [3.8, 4) is 5.75 Å². The molecule has 2 aromatic carbocycles. The normalized spacial score (nSPS) is 12.8. The summed E-state index contributed by atoms with van der Waals surface area (Å²) in [4.78, 5) is 53.0. The van der Waals surface area contributed by atoms with Gasteiger partial charge in [0.1, 0.15) is 11.3 Å². The average molecular weight is 339 g/mol. The van der Waals surface area contributed by atoms with E-state index in [1.807, 2.05) is 0 Å². The standard InChI is InChI=1S/C18H13NO6/c1-10-7-8-14(15(9-10)24-11(2)20)18(23)25-19-16(21)12-5-3-4-6-13(12)17(19)22/h3-9H,1-2H3. The summed E-state index contributed by atoms with van der Waals surface area (Å²) < 4.78 is 5.00. The zero-order chi connectivity index (χ0) is 18.1. The van der Waals surface area contributed by atoms with Crippen molar-refractivity contribution in [2.45, 2.75) is 13.8 Å². The van der Waals surface area contributed by atoms with Crippen LogP contribution in [0, 0.1) is 6.92 Å². The third kappa shape index (κ3) is 2.99. The van der Waals surface area contributed by atoms with Crippen molar-refractivity contribution in [3.05, 3.63) is 64.7 Å². The fourth-order valence-corrected chi connectivity index (χ4v) is 2.42. The molecule has 0 bridgehead atoms. The molecule has 0 fully saturated rings. The van der Waals surface area contributed by atoms with Crippen LogP contribution in [-0.2, 0) is 9.63 Å². The Hall–Kier alpha value is -3.48. The third-order valence-electron chi connectivity index (χ3n) is 3.54. The van der Waals surface area contributed by atoms with Crippen LogP contribution in [0.15, 0.2) is 42.5 Å². The van der Waals surface area contributed by atoms with Crippen molar-refractivity contribution in [1.82, 2.24) is 5.06 Å². The monoisotopic (exact) mass is 339 g/mol. The molecule has 1 aliphatic rings. The van der Waals surface area contributed by atoms with Gasteiger partial charge in [-0.15, -0.1) is 0 Å². The summed E-state index contributed by atoms with van der Waals surface area (Å²) in [6, 6.07) is 10.7. The van der Waals surface area contributed by atoms with Gasteiger partial charge in [0.25, 0.3) is 11.8 Å². The Labute approximate surface area is 142 Å². The van der Waals surface area contributed by atoms with E-state index in [9.17, 15) is 19.2 Å². The molecule has 1 aliphatic heterocycles. The number of rotatable bonds is 3. The quantitative estimate of drug-likeness (QED) is 0.484. The summed E-state index contributed by atoms with van der Waals surface area (Å²) in [6.45, 7) is 2.95. The van der Waals surface area contributed by atoms with Crippen molar-refractivity contribution in [3.63, 3.8) is 0 Å². The van der Waals surface area contributed by atoms with Gasteiger partial charge in [0, 0.05) is 6.92 Å². The molecule has 0 atom stereocenters. The molecule has 0 saturated heterocycles. The lowest BCUT2D eigenvalue weighted by atomic mass is 10.1. The Morgan fingerprint density at radius 3 is 2.12 bits per heavy atom. The molecule has 0 aliphatic carbocycles. The van der Waals surface area contributed by atoms with Gasteiger partial charge in [-0.2, -0.15) is 0 Å². The SMILES string of the molecule is CC(=O)Oc1cc(C)ccc1C(=O)ON1C(=O)c2ccccc2C1=O. The summed E-state index contributed by atoms with van der Waals surface area (Å²) in [5.41, 5.74) is 1.000. The highest BCUT2D eigenvalue weighted by atomic mass is 16.7. The van der Waals surface area contributed by atoms with Crippen molar-refractivity contribution < 1.29 is 28.8 Å². The molecular formula is C18H13NO6. The van der Waals surface area contributed by atoms with Crippen LogP contribution in [0.2, 0.25) is 0 Å². The van der Waals surface area contributed by atoms with Crippen LogP contribution in [0.4, 0.5) is 0 Å². The minimum absolute atomic E-state index is 0.00545. The second-order valence-corrected chi connectivity index (χ2v) is 5.42. The highest BCUT2D eigenvalue weighted by Gasteiger charge is 2.39. The van der Waals surface area contributed by atoms with Gasteiger partial charge in [-0.1, -0.05) is 23.3 Å². The van der Waals surface area contributed by atoms with Gasteiger partial charge in [-0.05, 0) is 36.8 Å². The first kappa shape index (κ1) is 16.4. The zero-order valence-corrected chi connectivity index (χ0v) is 13.4. The van der Waals surface area contributed by atoms with Crippen LogP contribution in [0.1, 0.15) is 43.6 Å². The van der Waals surface area contributed by atoms with Gasteiger partial charge in [0.15, 0.2) is 0 Å². The molecule has 0 saturated carbocycles. The van der Waals surface area contributed by atoms with E-state index in [-0.39, 0.29) is 22.4 Å². The van der Waals surface area contributed by atoms with E-state index in [0.29, 0.717) is 5.06 Å². The van der Waals surface area contributed by atoms with Gasteiger partial charge in [-0.25, -0.2) is 4.79 Å². The molecular weight excluding hydrogens is 326 g/mol. The largest absolute Gasteiger partial charge is 0.426 e. The predicted molar refractivity (Wildman–Crippen MR) is 84.8 cm³/mol. The van der Waals surface area contributed by atoms with Crippen molar-refractivity contribution in [2.75, 3.05) is 0 Å². The second kappa shape index (κ2) is 6.20. The maximum absolute atomic E-state index is 12.4. The number of ether oxygens (including phenoxy) is 1. The van der Waals surface area contributed by atoms with E-state index < -0.39 is 23.8 Å². The van der Waals surface area contributed by atoms with E-state index >= 15 is 0 Å². The van der Waals surface area contributed by atoms with Crippen LogP contribution in [-0.4, -0.2) is 28.8 Å². The number of benzene rings is 2. The molecule has 0 spiro atoms. The molecule has 7 nitrogen and oxygen atoms in total. The number of carbonyl (C=O) groups excluding carboxylic acids is 4. The molecule has 1 heterocycles. The van der Waals surface area contributed by atoms with Gasteiger partial charge in [0.05, 0.1) is 11.1 Å². The van der Waals surface area contributed by atoms with Crippen molar-refractivity contribution >= 4 is 23.8 Å². The number of hydroxylamine groups is 2. The minimum atomic E-state index is -0.981. The van der Waals surface area contributed by atoms with Gasteiger partial charge >= 0.3 is 11.9 Å². The van der Waals surface area contributed by atoms with Gasteiger partial charge in [-0.3, -0.25) is 14.4 Å². The van der Waals surface area contributed by atoms with Crippen LogP contribution >= 0.6 is 0 Å². The number of carbonyl (C=O) groups is 4. The van der Waals surface area contributed by atoms with E-state index in [2.05, 4.69) is 0 Å². The Bertz CT molecular complexity index is 883. The molecule has 7 heteroatoms. The molecule has 25 heavy (non-hydrogen) atoms. The van der Waals surface area contributed by atoms with Gasteiger partial charge < -0.3 is 9.57 Å². The molecule has 126 valence electrons. The predicted octanol–water partition coefficient (Wildman–Crippen LogP) is 2.29. The summed E-state index contributed by atoms with van der Waals surface area (Å²) in [5, 5.41) is 0.407. The average Bonchev–Trinajstić information content (AvgIpc) is 2.80. The number of hydrogen-bond acceptors (Lipinski definition) is 6. The fraction of sp³-hybridized carbons (Fsp3) is 0.111. The number of hydrogen-bond donors (Lipinski definition) is 0. The number of imide groups is 1. The number of amides is 2. The summed E-state index contributed by atoms with van der Waals surface area (Å²) >= 11 is 0. The third-order valence-corrected chi connectivity index (χ3v) is 3.54. The topological polar surface area (TPSA) is 90.0 Å². The molecule has 0 unspecified atom stereocenters.